The highest BCUT2D eigenvalue weighted by molar-refractivity contribution is 5.69. The molecule has 3 aromatic rings. The Balaban J connectivity index is 1.56. The number of amides is 1. The Labute approximate surface area is 143 Å². The van der Waals surface area contributed by atoms with Gasteiger partial charge in [0.15, 0.2) is 5.82 Å². The van der Waals surface area contributed by atoms with Crippen molar-refractivity contribution in [2.45, 2.75) is 6.67 Å². The highest BCUT2D eigenvalue weighted by Gasteiger charge is 2.22. The molecule has 1 fully saturated rings. The number of halogens is 1. The molecule has 0 aliphatic carbocycles. The van der Waals surface area contributed by atoms with Crippen molar-refractivity contribution in [1.29, 1.82) is 0 Å². The molecule has 0 N–H and O–H groups in total. The Morgan fingerprint density at radius 3 is 2.68 bits per heavy atom. The monoisotopic (exact) mass is 338 g/mol. The first-order valence-electron chi connectivity index (χ1n) is 7.87. The number of aromatic nitrogens is 3. The summed E-state index contributed by atoms with van der Waals surface area (Å²) in [7, 11) is 0. The van der Waals surface area contributed by atoms with E-state index in [9.17, 15) is 9.18 Å². The minimum atomic E-state index is -0.365. The number of hydrogen-bond donors (Lipinski definition) is 0. The summed E-state index contributed by atoms with van der Waals surface area (Å²) in [6, 6.07) is 14.3. The predicted molar refractivity (Wildman–Crippen MR) is 88.9 cm³/mol. The molecule has 4 rings (SSSR count). The van der Waals surface area contributed by atoms with Crippen LogP contribution in [-0.2, 0) is 11.4 Å². The van der Waals surface area contributed by atoms with Gasteiger partial charge in [0, 0.05) is 11.1 Å². The fourth-order valence-electron chi connectivity index (χ4n) is 2.73. The number of carbonyl (C=O) groups excluding carboxylic acids is 1. The zero-order chi connectivity index (χ0) is 17.2. The Morgan fingerprint density at radius 1 is 1.12 bits per heavy atom. The molecule has 2 heterocycles. The van der Waals surface area contributed by atoms with Crippen molar-refractivity contribution in [3.8, 4) is 22.5 Å². The van der Waals surface area contributed by atoms with E-state index < -0.39 is 0 Å². The summed E-state index contributed by atoms with van der Waals surface area (Å²) in [6.45, 7) is 1.16. The van der Waals surface area contributed by atoms with Crippen molar-refractivity contribution in [2.24, 2.45) is 0 Å². The summed E-state index contributed by atoms with van der Waals surface area (Å²) >= 11 is 0. The minimum Gasteiger partial charge on any atom is -0.447 e. The maximum absolute atomic E-state index is 14.5. The maximum atomic E-state index is 14.5. The van der Waals surface area contributed by atoms with Gasteiger partial charge in [0.25, 0.3) is 0 Å². The second-order valence-corrected chi connectivity index (χ2v) is 5.69. The van der Waals surface area contributed by atoms with Gasteiger partial charge < -0.3 is 4.74 Å². The van der Waals surface area contributed by atoms with Crippen LogP contribution in [0.5, 0.6) is 0 Å². The molecule has 1 aliphatic heterocycles. The van der Waals surface area contributed by atoms with Gasteiger partial charge in [-0.15, -0.1) is 5.10 Å². The van der Waals surface area contributed by atoms with Gasteiger partial charge >= 0.3 is 6.09 Å². The van der Waals surface area contributed by atoms with Crippen LogP contribution < -0.4 is 0 Å². The average Bonchev–Trinajstić information content (AvgIpc) is 3.26. The van der Waals surface area contributed by atoms with Gasteiger partial charge in [-0.2, -0.15) is 0 Å². The van der Waals surface area contributed by atoms with Crippen LogP contribution in [0.1, 0.15) is 0 Å². The Bertz CT molecular complexity index is 910. The van der Waals surface area contributed by atoms with Gasteiger partial charge in [-0.1, -0.05) is 42.5 Å². The quantitative estimate of drug-likeness (QED) is 0.733. The zero-order valence-electron chi connectivity index (χ0n) is 13.3. The molecule has 1 aliphatic rings. The second kappa shape index (κ2) is 6.35. The Kier molecular flexibility index (Phi) is 3.89. The third-order valence-electron chi connectivity index (χ3n) is 4.01. The molecule has 0 saturated carbocycles. The first-order chi connectivity index (χ1) is 12.2. The first kappa shape index (κ1) is 15.3. The molecule has 0 atom stereocenters. The SMILES string of the molecule is O=C1OCCN1Cn1cnc(-c2ccc(-c3ccccc3)c(F)c2)n1. The van der Waals surface area contributed by atoms with E-state index in [0.717, 1.165) is 5.56 Å². The molecule has 2 aromatic carbocycles. The van der Waals surface area contributed by atoms with Crippen molar-refractivity contribution in [1.82, 2.24) is 19.7 Å². The molecule has 1 amide bonds. The molecule has 25 heavy (non-hydrogen) atoms. The topological polar surface area (TPSA) is 60.2 Å². The number of rotatable bonds is 4. The summed E-state index contributed by atoms with van der Waals surface area (Å²) in [5, 5.41) is 4.31. The molecule has 1 aromatic heterocycles. The van der Waals surface area contributed by atoms with E-state index >= 15 is 0 Å². The highest BCUT2D eigenvalue weighted by Crippen LogP contribution is 2.26. The molecule has 6 nitrogen and oxygen atoms in total. The molecule has 7 heteroatoms. The van der Waals surface area contributed by atoms with Crippen LogP contribution in [0.25, 0.3) is 22.5 Å². The number of cyclic esters (lactones) is 1. The van der Waals surface area contributed by atoms with Gasteiger partial charge in [0.1, 0.15) is 25.4 Å². The van der Waals surface area contributed by atoms with Crippen molar-refractivity contribution in [2.75, 3.05) is 13.2 Å². The zero-order valence-corrected chi connectivity index (χ0v) is 13.3. The van der Waals surface area contributed by atoms with Gasteiger partial charge in [-0.05, 0) is 11.6 Å². The average molecular weight is 338 g/mol. The van der Waals surface area contributed by atoms with Gasteiger partial charge in [0.05, 0.1) is 6.54 Å². The van der Waals surface area contributed by atoms with Crippen LogP contribution in [0.15, 0.2) is 54.9 Å². The molecule has 0 unspecified atom stereocenters. The standard InChI is InChI=1S/C18H15FN4O2/c19-16-10-14(6-7-15(16)13-4-2-1-3-5-13)17-20-11-23(21-17)12-22-8-9-25-18(22)24/h1-7,10-11H,8-9,12H2. The summed E-state index contributed by atoms with van der Waals surface area (Å²) in [5.74, 6) is 0.0780. The maximum Gasteiger partial charge on any atom is 0.411 e. The third-order valence-corrected chi connectivity index (χ3v) is 4.01. The van der Waals surface area contributed by atoms with Crippen LogP contribution in [0, 0.1) is 5.82 Å². The molecule has 0 spiro atoms. The van der Waals surface area contributed by atoms with E-state index in [1.807, 2.05) is 30.3 Å². The molecular formula is C18H15FN4O2. The van der Waals surface area contributed by atoms with Crippen molar-refractivity contribution < 1.29 is 13.9 Å². The van der Waals surface area contributed by atoms with E-state index in [1.165, 1.54) is 22.0 Å². The van der Waals surface area contributed by atoms with Gasteiger partial charge in [-0.25, -0.2) is 18.9 Å². The summed E-state index contributed by atoms with van der Waals surface area (Å²) in [6.07, 6.45) is 1.15. The molecular weight excluding hydrogens is 323 g/mol. The van der Waals surface area contributed by atoms with Crippen LogP contribution in [-0.4, -0.2) is 38.9 Å². The van der Waals surface area contributed by atoms with Crippen LogP contribution >= 0.6 is 0 Å². The van der Waals surface area contributed by atoms with Crippen molar-refractivity contribution >= 4 is 6.09 Å². The normalized spacial score (nSPS) is 14.0. The molecule has 1 saturated heterocycles. The Morgan fingerprint density at radius 2 is 1.96 bits per heavy atom. The summed E-state index contributed by atoms with van der Waals surface area (Å²) in [5.41, 5.74) is 1.93. The number of benzene rings is 2. The molecule has 126 valence electrons. The second-order valence-electron chi connectivity index (χ2n) is 5.69. The molecule has 0 radical (unpaired) electrons. The highest BCUT2D eigenvalue weighted by atomic mass is 19.1. The summed E-state index contributed by atoms with van der Waals surface area (Å²) < 4.78 is 20.9. The van der Waals surface area contributed by atoms with E-state index in [4.69, 9.17) is 4.74 Å². The van der Waals surface area contributed by atoms with Crippen molar-refractivity contribution in [3.05, 3.63) is 60.7 Å². The lowest BCUT2D eigenvalue weighted by molar-refractivity contribution is 0.150. The number of ether oxygens (including phenoxy) is 1. The smallest absolute Gasteiger partial charge is 0.411 e. The van der Waals surface area contributed by atoms with Gasteiger partial charge in [0.2, 0.25) is 0 Å². The fourth-order valence-corrected chi connectivity index (χ4v) is 2.73. The lowest BCUT2D eigenvalue weighted by Crippen LogP contribution is -2.27. The minimum absolute atomic E-state index is 0.260. The van der Waals surface area contributed by atoms with E-state index in [1.54, 1.807) is 12.1 Å². The lowest BCUT2D eigenvalue weighted by atomic mass is 10.0. The molecule has 0 bridgehead atoms. The third kappa shape index (κ3) is 3.08. The first-order valence-corrected chi connectivity index (χ1v) is 7.87. The number of nitrogens with zero attached hydrogens (tertiary/aromatic N) is 4. The van der Waals surface area contributed by atoms with Crippen LogP contribution in [0.2, 0.25) is 0 Å². The number of hydrogen-bond acceptors (Lipinski definition) is 4. The van der Waals surface area contributed by atoms with E-state index in [2.05, 4.69) is 10.1 Å². The predicted octanol–water partition coefficient (Wildman–Crippen LogP) is 3.16. The van der Waals surface area contributed by atoms with Crippen molar-refractivity contribution in [3.63, 3.8) is 0 Å². The lowest BCUT2D eigenvalue weighted by Gasteiger charge is -2.11. The Hall–Kier alpha value is -3.22. The van der Waals surface area contributed by atoms with E-state index in [0.29, 0.717) is 30.1 Å². The van der Waals surface area contributed by atoms with Gasteiger partial charge in [-0.3, -0.25) is 4.90 Å². The van der Waals surface area contributed by atoms with Crippen LogP contribution in [0.4, 0.5) is 9.18 Å². The number of carbonyl (C=O) groups is 1. The fraction of sp³-hybridized carbons (Fsp3) is 0.167. The largest absolute Gasteiger partial charge is 0.447 e. The van der Waals surface area contributed by atoms with E-state index in [-0.39, 0.29) is 18.6 Å². The van der Waals surface area contributed by atoms with Crippen LogP contribution in [0.3, 0.4) is 0 Å². The summed E-state index contributed by atoms with van der Waals surface area (Å²) in [4.78, 5) is 17.2.